The molecule has 108 valence electrons. The molecule has 0 saturated heterocycles. The van der Waals surface area contributed by atoms with E-state index in [1.54, 1.807) is 0 Å². The van der Waals surface area contributed by atoms with Crippen molar-refractivity contribution in [2.24, 2.45) is 5.73 Å². The molecule has 4 N–H and O–H groups in total. The molecule has 2 amide bonds. The second-order valence-corrected chi connectivity index (χ2v) is 3.98. The predicted octanol–water partition coefficient (Wildman–Crippen LogP) is -0.877. The summed E-state index contributed by atoms with van der Waals surface area (Å²) >= 11 is 0. The maximum absolute atomic E-state index is 11.5. The van der Waals surface area contributed by atoms with E-state index in [-0.39, 0.29) is 24.4 Å². The monoisotopic (exact) mass is 280 g/mol. The number of hydrogen-bond acceptors (Lipinski definition) is 6. The van der Waals surface area contributed by atoms with Crippen LogP contribution in [0.2, 0.25) is 0 Å². The van der Waals surface area contributed by atoms with Gasteiger partial charge in [0.05, 0.1) is 11.6 Å². The van der Waals surface area contributed by atoms with Gasteiger partial charge in [-0.25, -0.2) is 4.79 Å². The molecule has 0 radical (unpaired) electrons. The highest BCUT2D eigenvalue weighted by Crippen LogP contribution is 1.97. The van der Waals surface area contributed by atoms with E-state index in [4.69, 9.17) is 5.73 Å². The van der Waals surface area contributed by atoms with E-state index in [9.17, 15) is 14.4 Å². The van der Waals surface area contributed by atoms with Gasteiger partial charge in [0.2, 0.25) is 5.91 Å². The first-order chi connectivity index (χ1) is 9.50. The number of nitrogens with one attached hydrogen (secondary N) is 2. The molecule has 0 aliphatic carbocycles. The zero-order chi connectivity index (χ0) is 15.0. The Labute approximate surface area is 115 Å². The summed E-state index contributed by atoms with van der Waals surface area (Å²) in [6.45, 7) is 1.64. The lowest BCUT2D eigenvalue weighted by Crippen LogP contribution is -2.40. The van der Waals surface area contributed by atoms with Crippen LogP contribution >= 0.6 is 0 Å². The average molecular weight is 280 g/mol. The van der Waals surface area contributed by atoms with Crippen LogP contribution in [0, 0.1) is 0 Å². The maximum atomic E-state index is 11.5. The molecular weight excluding hydrogens is 264 g/mol. The Kier molecular flexibility index (Phi) is 6.11. The van der Waals surface area contributed by atoms with Gasteiger partial charge in [0.1, 0.15) is 0 Å². The molecule has 0 aliphatic heterocycles. The van der Waals surface area contributed by atoms with Crippen molar-refractivity contribution in [3.05, 3.63) is 30.1 Å². The van der Waals surface area contributed by atoms with Crippen molar-refractivity contribution in [1.29, 1.82) is 0 Å². The van der Waals surface area contributed by atoms with Crippen LogP contribution in [0.5, 0.6) is 0 Å². The Balaban J connectivity index is 2.24. The van der Waals surface area contributed by atoms with Crippen LogP contribution < -0.4 is 16.5 Å². The number of hydroxylamine groups is 1. The lowest BCUT2D eigenvalue weighted by atomic mass is 10.3. The van der Waals surface area contributed by atoms with Crippen molar-refractivity contribution in [1.82, 2.24) is 15.8 Å². The molecule has 20 heavy (non-hydrogen) atoms. The molecule has 1 atom stereocenters. The molecule has 0 aliphatic rings. The molecule has 8 heteroatoms. The number of aromatic nitrogens is 1. The Morgan fingerprint density at radius 1 is 1.35 bits per heavy atom. The third-order valence-corrected chi connectivity index (χ3v) is 2.24. The molecule has 0 spiro atoms. The fourth-order valence-electron chi connectivity index (χ4n) is 1.16. The predicted molar refractivity (Wildman–Crippen MR) is 69.1 cm³/mol. The summed E-state index contributed by atoms with van der Waals surface area (Å²) in [5, 5.41) is 2.46. The lowest BCUT2D eigenvalue weighted by molar-refractivity contribution is -0.130. The van der Waals surface area contributed by atoms with E-state index >= 15 is 0 Å². The minimum absolute atomic E-state index is 0.0257. The van der Waals surface area contributed by atoms with Crippen molar-refractivity contribution in [3.63, 3.8) is 0 Å². The Morgan fingerprint density at radius 3 is 2.60 bits per heavy atom. The largest absolute Gasteiger partial charge is 0.363 e. The molecular formula is C12H16N4O4. The molecule has 1 aromatic heterocycles. The zero-order valence-electron chi connectivity index (χ0n) is 11.0. The number of hydrogen-bond donors (Lipinski definition) is 3. The summed E-state index contributed by atoms with van der Waals surface area (Å²) in [7, 11) is 0. The van der Waals surface area contributed by atoms with Gasteiger partial charge in [-0.3, -0.25) is 14.6 Å². The molecule has 8 nitrogen and oxygen atoms in total. The van der Waals surface area contributed by atoms with Crippen LogP contribution in [0.25, 0.3) is 0 Å². The van der Waals surface area contributed by atoms with Crippen LogP contribution in [-0.4, -0.2) is 35.4 Å². The van der Waals surface area contributed by atoms with E-state index in [0.29, 0.717) is 0 Å². The van der Waals surface area contributed by atoms with Gasteiger partial charge in [-0.1, -0.05) is 0 Å². The first-order valence-corrected chi connectivity index (χ1v) is 5.94. The zero-order valence-corrected chi connectivity index (χ0v) is 11.0. The van der Waals surface area contributed by atoms with E-state index in [1.165, 1.54) is 31.5 Å². The Hall–Kier alpha value is -2.48. The summed E-state index contributed by atoms with van der Waals surface area (Å²) in [6, 6.07) is 2.27. The van der Waals surface area contributed by atoms with E-state index in [0.717, 1.165) is 0 Å². The van der Waals surface area contributed by atoms with E-state index in [2.05, 4.69) is 15.1 Å². The van der Waals surface area contributed by atoms with Gasteiger partial charge in [-0.15, -0.1) is 0 Å². The van der Waals surface area contributed by atoms with E-state index in [1.807, 2.05) is 5.48 Å². The van der Waals surface area contributed by atoms with Crippen molar-refractivity contribution in [3.8, 4) is 0 Å². The topological polar surface area (TPSA) is 123 Å². The molecule has 1 aromatic rings. The fraction of sp³-hybridized carbons (Fsp3) is 0.333. The number of carbonyl (C=O) groups excluding carboxylic acids is 3. The normalized spacial score (nSPS) is 11.3. The number of nitrogens with zero attached hydrogens (tertiary/aromatic N) is 1. The van der Waals surface area contributed by atoms with Crippen molar-refractivity contribution < 1.29 is 19.2 Å². The van der Waals surface area contributed by atoms with Gasteiger partial charge in [0.15, 0.2) is 0 Å². The number of carbonyl (C=O) groups is 3. The fourth-order valence-corrected chi connectivity index (χ4v) is 1.16. The number of pyridine rings is 1. The first kappa shape index (κ1) is 15.6. The summed E-state index contributed by atoms with van der Waals surface area (Å²) in [4.78, 5) is 42.3. The second-order valence-electron chi connectivity index (χ2n) is 3.98. The summed E-state index contributed by atoms with van der Waals surface area (Å²) in [5.74, 6) is -1.58. The quantitative estimate of drug-likeness (QED) is 0.602. The Morgan fingerprint density at radius 2 is 2.00 bits per heavy atom. The minimum Gasteiger partial charge on any atom is -0.354 e. The highest BCUT2D eigenvalue weighted by atomic mass is 16.7. The first-order valence-electron chi connectivity index (χ1n) is 5.94. The molecule has 0 saturated carbocycles. The van der Waals surface area contributed by atoms with Crippen LogP contribution in [-0.2, 0) is 14.4 Å². The SMILES string of the molecule is C[C@H](N)C(=O)NCCC(=O)NOC(=O)c1ccncc1. The maximum Gasteiger partial charge on any atom is 0.363 e. The van der Waals surface area contributed by atoms with Crippen molar-refractivity contribution >= 4 is 17.8 Å². The number of nitrogens with two attached hydrogens (primary N) is 1. The Bertz CT molecular complexity index is 476. The molecule has 0 unspecified atom stereocenters. The molecule has 1 heterocycles. The smallest absolute Gasteiger partial charge is 0.354 e. The van der Waals surface area contributed by atoms with Gasteiger partial charge < -0.3 is 15.9 Å². The van der Waals surface area contributed by atoms with E-state index < -0.39 is 17.9 Å². The van der Waals surface area contributed by atoms with Gasteiger partial charge in [-0.2, -0.15) is 5.48 Å². The lowest BCUT2D eigenvalue weighted by Gasteiger charge is -2.08. The van der Waals surface area contributed by atoms with Crippen LogP contribution in [0.4, 0.5) is 0 Å². The third-order valence-electron chi connectivity index (χ3n) is 2.24. The molecule has 0 aromatic carbocycles. The summed E-state index contributed by atoms with van der Waals surface area (Å²) in [5.41, 5.74) is 7.59. The van der Waals surface area contributed by atoms with Crippen LogP contribution in [0.15, 0.2) is 24.5 Å². The molecule has 1 rings (SSSR count). The minimum atomic E-state index is -0.694. The molecule has 0 bridgehead atoms. The van der Waals surface area contributed by atoms with Gasteiger partial charge >= 0.3 is 5.97 Å². The highest BCUT2D eigenvalue weighted by Gasteiger charge is 2.10. The third kappa shape index (κ3) is 5.44. The van der Waals surface area contributed by atoms with Crippen molar-refractivity contribution in [2.45, 2.75) is 19.4 Å². The van der Waals surface area contributed by atoms with Crippen LogP contribution in [0.3, 0.4) is 0 Å². The summed E-state index contributed by atoms with van der Waals surface area (Å²) < 4.78 is 0. The number of amides is 2. The van der Waals surface area contributed by atoms with Crippen LogP contribution in [0.1, 0.15) is 23.7 Å². The van der Waals surface area contributed by atoms with Gasteiger partial charge in [0, 0.05) is 25.4 Å². The highest BCUT2D eigenvalue weighted by molar-refractivity contribution is 5.90. The number of rotatable bonds is 5. The standard InChI is InChI=1S/C12H16N4O4/c1-8(13)11(18)15-7-4-10(17)16-20-12(19)9-2-5-14-6-3-9/h2-3,5-6,8H,4,7,13H2,1H3,(H,15,18)(H,16,17)/t8-/m0/s1. The summed E-state index contributed by atoms with van der Waals surface area (Å²) in [6.07, 6.45) is 2.84. The van der Waals surface area contributed by atoms with Gasteiger partial charge in [-0.05, 0) is 19.1 Å². The average Bonchev–Trinajstić information content (AvgIpc) is 2.45. The van der Waals surface area contributed by atoms with Gasteiger partial charge in [0.25, 0.3) is 5.91 Å². The second kappa shape index (κ2) is 7.85. The van der Waals surface area contributed by atoms with Crippen molar-refractivity contribution in [2.75, 3.05) is 6.54 Å². The molecule has 0 fully saturated rings.